The van der Waals surface area contributed by atoms with E-state index in [1.807, 2.05) is 36.9 Å². The van der Waals surface area contributed by atoms with Gasteiger partial charge >= 0.3 is 0 Å². The molecule has 1 aromatic rings. The van der Waals surface area contributed by atoms with Gasteiger partial charge in [-0.2, -0.15) is 0 Å². The summed E-state index contributed by atoms with van der Waals surface area (Å²) in [5, 5.41) is 2.78. The molecule has 2 amide bonds. The van der Waals surface area contributed by atoms with Crippen LogP contribution in [0.4, 0.5) is 11.4 Å². The lowest BCUT2D eigenvalue weighted by atomic mass is 9.86. The maximum Gasteiger partial charge on any atom is 0.237 e. The van der Waals surface area contributed by atoms with Crippen LogP contribution in [0.25, 0.3) is 0 Å². The second-order valence-corrected chi connectivity index (χ2v) is 5.85. The second-order valence-electron chi connectivity index (χ2n) is 5.85. The van der Waals surface area contributed by atoms with Crippen molar-refractivity contribution in [2.75, 3.05) is 16.8 Å². The fraction of sp³-hybridized carbons (Fsp3) is 0.500. The molecule has 0 fully saturated rings. The molecule has 0 aromatic heterocycles. The number of unbranched alkanes of at least 4 members (excludes halogenated alkanes) is 1. The number of nitrogens with zero attached hydrogens (tertiary/aromatic N) is 1. The lowest BCUT2D eigenvalue weighted by Gasteiger charge is -2.20. The minimum Gasteiger partial charge on any atom is -0.326 e. The predicted octanol–water partition coefficient (Wildman–Crippen LogP) is 3.07. The van der Waals surface area contributed by atoms with E-state index in [0.29, 0.717) is 0 Å². The smallest absolute Gasteiger partial charge is 0.237 e. The molecule has 0 bridgehead atoms. The number of benzene rings is 1. The van der Waals surface area contributed by atoms with Crippen molar-refractivity contribution in [3.63, 3.8) is 0 Å². The molecule has 1 N–H and O–H groups in total. The molecule has 0 saturated heterocycles. The summed E-state index contributed by atoms with van der Waals surface area (Å²) in [4.78, 5) is 25.6. The van der Waals surface area contributed by atoms with Crippen LogP contribution >= 0.6 is 0 Å². The van der Waals surface area contributed by atoms with Crippen LogP contribution in [0.2, 0.25) is 0 Å². The number of hydrogen-bond acceptors (Lipinski definition) is 2. The fourth-order valence-electron chi connectivity index (χ4n) is 2.65. The SMILES string of the molecule is CCCCN1C(=O)C(C)(C)c2cc(NC(C)=O)ccc21. The first kappa shape index (κ1) is 14.6. The number of fused-ring (bicyclic) bond motifs is 1. The number of hydrogen-bond donors (Lipinski definition) is 1. The zero-order chi connectivity index (χ0) is 14.9. The van der Waals surface area contributed by atoms with Crippen molar-refractivity contribution in [2.45, 2.75) is 46.0 Å². The highest BCUT2D eigenvalue weighted by molar-refractivity contribution is 6.08. The highest BCUT2D eigenvalue weighted by Gasteiger charge is 2.43. The van der Waals surface area contributed by atoms with Crippen molar-refractivity contribution in [3.8, 4) is 0 Å². The van der Waals surface area contributed by atoms with Gasteiger partial charge in [0, 0.05) is 24.8 Å². The maximum atomic E-state index is 12.6. The van der Waals surface area contributed by atoms with Crippen molar-refractivity contribution in [2.24, 2.45) is 0 Å². The van der Waals surface area contributed by atoms with E-state index >= 15 is 0 Å². The third-order valence-electron chi connectivity index (χ3n) is 3.80. The van der Waals surface area contributed by atoms with Crippen molar-refractivity contribution in [1.29, 1.82) is 0 Å². The van der Waals surface area contributed by atoms with Crippen LogP contribution in [0.15, 0.2) is 18.2 Å². The summed E-state index contributed by atoms with van der Waals surface area (Å²) in [5.41, 5.74) is 2.18. The quantitative estimate of drug-likeness (QED) is 0.917. The molecule has 0 unspecified atom stereocenters. The standard InChI is InChI=1S/C16H22N2O2/c1-5-6-9-18-14-8-7-12(17-11(2)19)10-13(14)16(3,4)15(18)20/h7-8,10H,5-6,9H2,1-4H3,(H,17,19). The summed E-state index contributed by atoms with van der Waals surface area (Å²) in [7, 11) is 0. The summed E-state index contributed by atoms with van der Waals surface area (Å²) in [5.74, 6) is 0.0378. The van der Waals surface area contributed by atoms with Crippen LogP contribution < -0.4 is 10.2 Å². The highest BCUT2D eigenvalue weighted by atomic mass is 16.2. The van der Waals surface area contributed by atoms with Crippen LogP contribution in [-0.2, 0) is 15.0 Å². The van der Waals surface area contributed by atoms with Gasteiger partial charge in [-0.3, -0.25) is 9.59 Å². The van der Waals surface area contributed by atoms with E-state index in [-0.39, 0.29) is 11.8 Å². The average Bonchev–Trinajstić information content (AvgIpc) is 2.56. The Kier molecular flexibility index (Phi) is 3.84. The first-order valence-electron chi connectivity index (χ1n) is 7.12. The molecular weight excluding hydrogens is 252 g/mol. The van der Waals surface area contributed by atoms with Gasteiger partial charge in [0.1, 0.15) is 0 Å². The monoisotopic (exact) mass is 274 g/mol. The molecule has 1 aliphatic heterocycles. The van der Waals surface area contributed by atoms with Crippen molar-refractivity contribution in [3.05, 3.63) is 23.8 Å². The fourth-order valence-corrected chi connectivity index (χ4v) is 2.65. The van der Waals surface area contributed by atoms with E-state index in [2.05, 4.69) is 12.2 Å². The Morgan fingerprint density at radius 2 is 2.05 bits per heavy atom. The molecule has 0 spiro atoms. The molecule has 1 aliphatic rings. The molecule has 0 radical (unpaired) electrons. The Balaban J connectivity index is 2.40. The number of carbonyl (C=O) groups is 2. The van der Waals surface area contributed by atoms with Gasteiger partial charge in [0.2, 0.25) is 11.8 Å². The van der Waals surface area contributed by atoms with Crippen molar-refractivity contribution < 1.29 is 9.59 Å². The first-order valence-corrected chi connectivity index (χ1v) is 7.12. The minimum atomic E-state index is -0.530. The predicted molar refractivity (Wildman–Crippen MR) is 81.0 cm³/mol. The zero-order valence-electron chi connectivity index (χ0n) is 12.6. The van der Waals surface area contributed by atoms with Gasteiger partial charge in [-0.05, 0) is 44.0 Å². The minimum absolute atomic E-state index is 0.102. The molecule has 1 aromatic carbocycles. The molecule has 108 valence electrons. The van der Waals surface area contributed by atoms with Gasteiger partial charge in [-0.15, -0.1) is 0 Å². The molecule has 0 saturated carbocycles. The Labute approximate surface area is 120 Å². The van der Waals surface area contributed by atoms with E-state index < -0.39 is 5.41 Å². The van der Waals surface area contributed by atoms with E-state index in [0.717, 1.165) is 36.3 Å². The van der Waals surface area contributed by atoms with E-state index in [1.165, 1.54) is 6.92 Å². The normalized spacial score (nSPS) is 16.2. The molecule has 1 heterocycles. The Bertz CT molecular complexity index is 549. The van der Waals surface area contributed by atoms with Crippen LogP contribution in [0.5, 0.6) is 0 Å². The average molecular weight is 274 g/mol. The number of anilines is 2. The molecule has 0 aliphatic carbocycles. The Morgan fingerprint density at radius 3 is 2.65 bits per heavy atom. The Hall–Kier alpha value is -1.84. The van der Waals surface area contributed by atoms with E-state index in [4.69, 9.17) is 0 Å². The van der Waals surface area contributed by atoms with Crippen LogP contribution in [0.1, 0.15) is 46.1 Å². The summed E-state index contributed by atoms with van der Waals surface area (Å²) in [6, 6.07) is 5.71. The molecule has 2 rings (SSSR count). The Morgan fingerprint density at radius 1 is 1.35 bits per heavy atom. The number of nitrogens with one attached hydrogen (secondary N) is 1. The number of rotatable bonds is 4. The van der Waals surface area contributed by atoms with E-state index in [9.17, 15) is 9.59 Å². The maximum absolute atomic E-state index is 12.6. The third-order valence-corrected chi connectivity index (χ3v) is 3.80. The summed E-state index contributed by atoms with van der Waals surface area (Å²) < 4.78 is 0. The van der Waals surface area contributed by atoms with Gasteiger partial charge in [0.25, 0.3) is 0 Å². The van der Waals surface area contributed by atoms with Gasteiger partial charge in [-0.25, -0.2) is 0 Å². The van der Waals surface area contributed by atoms with Gasteiger partial charge in [0.15, 0.2) is 0 Å². The van der Waals surface area contributed by atoms with Crippen molar-refractivity contribution in [1.82, 2.24) is 0 Å². The van der Waals surface area contributed by atoms with Crippen LogP contribution in [0, 0.1) is 0 Å². The van der Waals surface area contributed by atoms with Crippen molar-refractivity contribution >= 4 is 23.2 Å². The summed E-state index contributed by atoms with van der Waals surface area (Å²) >= 11 is 0. The third kappa shape index (κ3) is 2.42. The van der Waals surface area contributed by atoms with Gasteiger partial charge in [0.05, 0.1) is 5.41 Å². The van der Waals surface area contributed by atoms with Gasteiger partial charge < -0.3 is 10.2 Å². The summed E-state index contributed by atoms with van der Waals surface area (Å²) in [6.45, 7) is 8.24. The molecule has 20 heavy (non-hydrogen) atoms. The zero-order valence-corrected chi connectivity index (χ0v) is 12.6. The highest BCUT2D eigenvalue weighted by Crippen LogP contribution is 2.42. The second kappa shape index (κ2) is 5.27. The first-order chi connectivity index (χ1) is 9.37. The lowest BCUT2D eigenvalue weighted by Crippen LogP contribution is -2.36. The largest absolute Gasteiger partial charge is 0.326 e. The molecule has 4 heteroatoms. The molecular formula is C16H22N2O2. The summed E-state index contributed by atoms with van der Waals surface area (Å²) in [6.07, 6.45) is 2.05. The lowest BCUT2D eigenvalue weighted by molar-refractivity contribution is -0.122. The van der Waals surface area contributed by atoms with Crippen LogP contribution in [0.3, 0.4) is 0 Å². The number of amides is 2. The molecule has 0 atom stereocenters. The molecule has 4 nitrogen and oxygen atoms in total. The van der Waals surface area contributed by atoms with Gasteiger partial charge in [-0.1, -0.05) is 13.3 Å². The van der Waals surface area contributed by atoms with E-state index in [1.54, 1.807) is 0 Å². The topological polar surface area (TPSA) is 49.4 Å². The van der Waals surface area contributed by atoms with Crippen LogP contribution in [-0.4, -0.2) is 18.4 Å². The number of carbonyl (C=O) groups excluding carboxylic acids is 2.